The summed E-state index contributed by atoms with van der Waals surface area (Å²) in [7, 11) is -3.57. The van der Waals surface area contributed by atoms with Crippen LogP contribution in [0.1, 0.15) is 46.6 Å². The minimum Gasteiger partial charge on any atom is -0.324 e. The number of aliphatic imine (C=N–C) groups is 1. The largest absolute Gasteiger partial charge is 0.324 e. The maximum atomic E-state index is 12.4. The summed E-state index contributed by atoms with van der Waals surface area (Å²) in [6.45, 7) is 11.0. The van der Waals surface area contributed by atoms with E-state index in [4.69, 9.17) is 0 Å². The van der Waals surface area contributed by atoms with Crippen molar-refractivity contribution < 1.29 is 8.42 Å². The molecular formula is C16H25N3O2S. The Kier molecular flexibility index (Phi) is 4.52. The van der Waals surface area contributed by atoms with Gasteiger partial charge in [0.15, 0.2) is 0 Å². The Morgan fingerprint density at radius 1 is 1.23 bits per heavy atom. The van der Waals surface area contributed by atoms with Crippen LogP contribution in [0.15, 0.2) is 28.1 Å². The molecule has 0 radical (unpaired) electrons. The van der Waals surface area contributed by atoms with E-state index in [1.807, 2.05) is 12.1 Å². The summed E-state index contributed by atoms with van der Waals surface area (Å²) in [5.74, 6) is 0.836. The van der Waals surface area contributed by atoms with E-state index in [9.17, 15) is 8.42 Å². The van der Waals surface area contributed by atoms with Gasteiger partial charge in [0.1, 0.15) is 4.90 Å². The van der Waals surface area contributed by atoms with E-state index in [0.29, 0.717) is 24.1 Å². The molecule has 1 aromatic rings. The molecule has 122 valence electrons. The van der Waals surface area contributed by atoms with Crippen molar-refractivity contribution in [2.45, 2.75) is 51.3 Å². The van der Waals surface area contributed by atoms with Gasteiger partial charge < -0.3 is 5.32 Å². The molecule has 0 bridgehead atoms. The van der Waals surface area contributed by atoms with Gasteiger partial charge in [-0.2, -0.15) is 0 Å². The summed E-state index contributed by atoms with van der Waals surface area (Å²) < 4.78 is 27.4. The molecule has 2 rings (SSSR count). The van der Waals surface area contributed by atoms with Crippen LogP contribution < -0.4 is 10.0 Å². The van der Waals surface area contributed by atoms with Crippen LogP contribution in [0.25, 0.3) is 0 Å². The molecule has 0 spiro atoms. The fraction of sp³-hybridized carbons (Fsp3) is 0.562. The standard InChI is InChI=1S/C16H25N3O2S/c1-11(2)8-9-17-15-18-13-7-6-12(16(3,4)5)10-14(13)22(20,21)19-15/h6-7,10-11H,8-9H2,1-5H3,(H2,17,18,19). The molecule has 6 heteroatoms. The fourth-order valence-electron chi connectivity index (χ4n) is 2.16. The van der Waals surface area contributed by atoms with Gasteiger partial charge in [-0.25, -0.2) is 13.1 Å². The van der Waals surface area contributed by atoms with E-state index in [1.165, 1.54) is 0 Å². The van der Waals surface area contributed by atoms with E-state index < -0.39 is 10.0 Å². The van der Waals surface area contributed by atoms with Gasteiger partial charge in [-0.15, -0.1) is 0 Å². The normalized spacial score (nSPS) is 18.7. The van der Waals surface area contributed by atoms with Gasteiger partial charge in [0.05, 0.1) is 5.69 Å². The summed E-state index contributed by atoms with van der Waals surface area (Å²) in [4.78, 5) is 4.58. The van der Waals surface area contributed by atoms with Crippen LogP contribution in [0.3, 0.4) is 0 Å². The van der Waals surface area contributed by atoms with E-state index in [1.54, 1.807) is 6.07 Å². The molecule has 0 aliphatic carbocycles. The number of hydrogen-bond donors (Lipinski definition) is 2. The Morgan fingerprint density at radius 2 is 1.91 bits per heavy atom. The van der Waals surface area contributed by atoms with Crippen molar-refractivity contribution in [1.29, 1.82) is 0 Å². The molecule has 0 unspecified atom stereocenters. The van der Waals surface area contributed by atoms with Crippen LogP contribution in [0.5, 0.6) is 0 Å². The van der Waals surface area contributed by atoms with Crippen molar-refractivity contribution in [3.8, 4) is 0 Å². The highest BCUT2D eigenvalue weighted by atomic mass is 32.2. The second-order valence-electron chi connectivity index (χ2n) is 7.10. The molecule has 0 saturated heterocycles. The number of benzene rings is 1. The van der Waals surface area contributed by atoms with E-state index >= 15 is 0 Å². The maximum Gasteiger partial charge on any atom is 0.266 e. The molecule has 1 aliphatic rings. The highest BCUT2D eigenvalue weighted by Gasteiger charge is 2.28. The Morgan fingerprint density at radius 3 is 2.50 bits per heavy atom. The first-order chi connectivity index (χ1) is 10.1. The van der Waals surface area contributed by atoms with Crippen LogP contribution >= 0.6 is 0 Å². The predicted molar refractivity (Wildman–Crippen MR) is 90.8 cm³/mol. The van der Waals surface area contributed by atoms with Crippen molar-refractivity contribution in [2.75, 3.05) is 11.9 Å². The molecule has 5 nitrogen and oxygen atoms in total. The molecule has 2 N–H and O–H groups in total. The number of guanidine groups is 1. The number of sulfonamides is 1. The molecule has 0 aromatic heterocycles. The van der Waals surface area contributed by atoms with Gasteiger partial charge >= 0.3 is 0 Å². The second kappa shape index (κ2) is 5.91. The van der Waals surface area contributed by atoms with Gasteiger partial charge in [0.25, 0.3) is 10.0 Å². The number of fused-ring (bicyclic) bond motifs is 1. The third-order valence-electron chi connectivity index (χ3n) is 3.60. The quantitative estimate of drug-likeness (QED) is 0.898. The van der Waals surface area contributed by atoms with Crippen LogP contribution in [0.4, 0.5) is 5.69 Å². The van der Waals surface area contributed by atoms with Gasteiger partial charge in [-0.05, 0) is 35.4 Å². The van der Waals surface area contributed by atoms with Gasteiger partial charge in [-0.1, -0.05) is 40.7 Å². The molecule has 1 aromatic carbocycles. The SMILES string of the molecule is CC(C)CCN=C1Nc2ccc(C(C)(C)C)cc2S(=O)(=O)N1. The Hall–Kier alpha value is -1.56. The maximum absolute atomic E-state index is 12.4. The number of nitrogens with one attached hydrogen (secondary N) is 2. The van der Waals surface area contributed by atoms with Crippen molar-refractivity contribution in [3.05, 3.63) is 23.8 Å². The monoisotopic (exact) mass is 323 g/mol. The summed E-state index contributed by atoms with van der Waals surface area (Å²) in [5, 5.41) is 3.06. The van der Waals surface area contributed by atoms with E-state index in [2.05, 4.69) is 49.6 Å². The minimum absolute atomic E-state index is 0.101. The predicted octanol–water partition coefficient (Wildman–Crippen LogP) is 3.09. The minimum atomic E-state index is -3.57. The molecule has 1 heterocycles. The molecule has 1 aliphatic heterocycles. The number of nitrogens with zero attached hydrogens (tertiary/aromatic N) is 1. The summed E-state index contributed by atoms with van der Waals surface area (Å²) in [5.41, 5.74) is 1.46. The average Bonchev–Trinajstić information content (AvgIpc) is 2.36. The van der Waals surface area contributed by atoms with Crippen molar-refractivity contribution in [2.24, 2.45) is 10.9 Å². The smallest absolute Gasteiger partial charge is 0.266 e. The first-order valence-electron chi connectivity index (χ1n) is 7.58. The molecular weight excluding hydrogens is 298 g/mol. The second-order valence-corrected chi connectivity index (χ2v) is 8.76. The summed E-state index contributed by atoms with van der Waals surface area (Å²) in [6.07, 6.45) is 0.919. The number of rotatable bonds is 3. The Bertz CT molecular complexity index is 686. The highest BCUT2D eigenvalue weighted by molar-refractivity contribution is 7.90. The third kappa shape index (κ3) is 3.80. The van der Waals surface area contributed by atoms with Crippen molar-refractivity contribution in [1.82, 2.24) is 4.72 Å². The van der Waals surface area contributed by atoms with Crippen LogP contribution in [0, 0.1) is 5.92 Å². The molecule has 22 heavy (non-hydrogen) atoms. The molecule has 0 saturated carbocycles. The molecule has 0 atom stereocenters. The van der Waals surface area contributed by atoms with Gasteiger partial charge in [0, 0.05) is 6.54 Å². The molecule has 0 fully saturated rings. The van der Waals surface area contributed by atoms with Crippen LogP contribution in [0.2, 0.25) is 0 Å². The van der Waals surface area contributed by atoms with E-state index in [0.717, 1.165) is 12.0 Å². The van der Waals surface area contributed by atoms with Gasteiger partial charge in [0.2, 0.25) is 5.96 Å². The van der Waals surface area contributed by atoms with Crippen molar-refractivity contribution in [3.63, 3.8) is 0 Å². The number of anilines is 1. The fourth-order valence-corrected chi connectivity index (χ4v) is 3.33. The average molecular weight is 323 g/mol. The lowest BCUT2D eigenvalue weighted by molar-refractivity contribution is 0.581. The topological polar surface area (TPSA) is 70.6 Å². The lowest BCUT2D eigenvalue weighted by Crippen LogP contribution is -2.41. The number of hydrogen-bond acceptors (Lipinski definition) is 3. The highest BCUT2D eigenvalue weighted by Crippen LogP contribution is 2.31. The zero-order valence-electron chi connectivity index (χ0n) is 13.9. The van der Waals surface area contributed by atoms with E-state index in [-0.39, 0.29) is 10.3 Å². The third-order valence-corrected chi connectivity index (χ3v) is 4.98. The zero-order valence-corrected chi connectivity index (χ0v) is 14.7. The first-order valence-corrected chi connectivity index (χ1v) is 9.07. The van der Waals surface area contributed by atoms with Crippen LogP contribution in [-0.2, 0) is 15.4 Å². The summed E-state index contributed by atoms with van der Waals surface area (Å²) >= 11 is 0. The van der Waals surface area contributed by atoms with Crippen LogP contribution in [-0.4, -0.2) is 20.9 Å². The zero-order chi connectivity index (χ0) is 16.5. The lowest BCUT2D eigenvalue weighted by Gasteiger charge is -2.25. The van der Waals surface area contributed by atoms with Crippen molar-refractivity contribution >= 4 is 21.7 Å². The lowest BCUT2D eigenvalue weighted by atomic mass is 9.87. The Balaban J connectivity index is 2.33. The molecule has 0 amide bonds. The Labute approximate surface area is 133 Å². The summed E-state index contributed by atoms with van der Waals surface area (Å²) in [6, 6.07) is 5.50. The van der Waals surface area contributed by atoms with Gasteiger partial charge in [-0.3, -0.25) is 4.99 Å². The first kappa shape index (κ1) is 16.8.